The number of halogens is 2. The maximum atomic E-state index is 12.3. The van der Waals surface area contributed by atoms with Gasteiger partial charge in [0.1, 0.15) is 12.8 Å². The molecule has 0 radical (unpaired) electrons. The van der Waals surface area contributed by atoms with E-state index >= 15 is 0 Å². The van der Waals surface area contributed by atoms with Crippen molar-refractivity contribution in [3.05, 3.63) is 46.5 Å². The van der Waals surface area contributed by atoms with Crippen LogP contribution in [-0.4, -0.2) is 52.9 Å². The molecule has 0 saturated heterocycles. The van der Waals surface area contributed by atoms with Crippen molar-refractivity contribution in [3.8, 4) is 0 Å². The summed E-state index contributed by atoms with van der Waals surface area (Å²) >= 11 is 11.8. The second-order valence-corrected chi connectivity index (χ2v) is 6.69. The molecule has 1 aromatic rings. The normalized spacial score (nSPS) is 14.5. The van der Waals surface area contributed by atoms with Gasteiger partial charge in [-0.25, -0.2) is 0 Å². The van der Waals surface area contributed by atoms with Crippen LogP contribution in [0.2, 0.25) is 10.0 Å². The van der Waals surface area contributed by atoms with Crippen LogP contribution in [0.5, 0.6) is 0 Å². The first-order valence-electron chi connectivity index (χ1n) is 7.98. The first-order chi connectivity index (χ1) is 12.3. The Balaban J connectivity index is 2.01. The van der Waals surface area contributed by atoms with Crippen molar-refractivity contribution < 1.29 is 24.3 Å². The maximum absolute atomic E-state index is 12.3. The third-order valence-corrected chi connectivity index (χ3v) is 4.51. The number of rotatable bonds is 9. The van der Waals surface area contributed by atoms with E-state index in [4.69, 9.17) is 37.9 Å². The quantitative estimate of drug-likeness (QED) is 0.328. The van der Waals surface area contributed by atoms with E-state index in [1.165, 1.54) is 4.90 Å². The first kappa shape index (κ1) is 20.7. The van der Waals surface area contributed by atoms with Crippen molar-refractivity contribution in [1.29, 1.82) is 0 Å². The molecule has 26 heavy (non-hydrogen) atoms. The monoisotopic (exact) mass is 400 g/mol. The molecule has 0 aromatic heterocycles. The second kappa shape index (κ2) is 9.39. The zero-order chi connectivity index (χ0) is 19.3. The zero-order valence-electron chi connectivity index (χ0n) is 13.9. The SMILES string of the molecule is C=CC(=O)N(CC(=O)N[C@@H](Cc1ccc(Cl)c(Cl)c1)OB(O)O)C1CC1. The second-order valence-electron chi connectivity index (χ2n) is 5.87. The Kier molecular flexibility index (Phi) is 7.49. The molecular formula is C16H19BCl2N2O5. The molecule has 0 aliphatic heterocycles. The van der Waals surface area contributed by atoms with E-state index in [1.54, 1.807) is 18.2 Å². The van der Waals surface area contributed by atoms with Crippen molar-refractivity contribution in [2.24, 2.45) is 0 Å². The lowest BCUT2D eigenvalue weighted by atomic mass is 10.1. The van der Waals surface area contributed by atoms with Gasteiger partial charge in [-0.1, -0.05) is 35.8 Å². The van der Waals surface area contributed by atoms with Gasteiger partial charge in [0.15, 0.2) is 0 Å². The maximum Gasteiger partial charge on any atom is 0.635 e. The summed E-state index contributed by atoms with van der Waals surface area (Å²) in [6.07, 6.45) is 1.93. The molecule has 0 heterocycles. The molecule has 140 valence electrons. The van der Waals surface area contributed by atoms with Gasteiger partial charge in [0.05, 0.1) is 10.0 Å². The highest BCUT2D eigenvalue weighted by Crippen LogP contribution is 2.27. The molecule has 2 amide bonds. The van der Waals surface area contributed by atoms with Crippen LogP contribution in [0, 0.1) is 0 Å². The van der Waals surface area contributed by atoms with E-state index in [9.17, 15) is 9.59 Å². The summed E-state index contributed by atoms with van der Waals surface area (Å²) in [5.74, 6) is -0.815. The van der Waals surface area contributed by atoms with Gasteiger partial charge in [-0.3, -0.25) is 9.59 Å². The van der Waals surface area contributed by atoms with Crippen LogP contribution in [0.3, 0.4) is 0 Å². The number of hydrogen-bond donors (Lipinski definition) is 3. The van der Waals surface area contributed by atoms with Crippen molar-refractivity contribution in [2.45, 2.75) is 31.5 Å². The number of hydrogen-bond acceptors (Lipinski definition) is 5. The van der Waals surface area contributed by atoms with Gasteiger partial charge in [-0.05, 0) is 36.6 Å². The number of amides is 2. The lowest BCUT2D eigenvalue weighted by Gasteiger charge is -2.24. The number of carbonyl (C=O) groups is 2. The lowest BCUT2D eigenvalue weighted by molar-refractivity contribution is -0.134. The van der Waals surface area contributed by atoms with Gasteiger partial charge in [-0.15, -0.1) is 0 Å². The molecule has 3 N–H and O–H groups in total. The Bertz CT molecular complexity index is 685. The van der Waals surface area contributed by atoms with E-state index in [1.807, 2.05) is 0 Å². The molecule has 2 rings (SSSR count). The fraction of sp³-hybridized carbons (Fsp3) is 0.375. The highest BCUT2D eigenvalue weighted by molar-refractivity contribution is 6.42. The van der Waals surface area contributed by atoms with Gasteiger partial charge < -0.3 is 24.9 Å². The molecule has 7 nitrogen and oxygen atoms in total. The van der Waals surface area contributed by atoms with E-state index in [-0.39, 0.29) is 24.9 Å². The van der Waals surface area contributed by atoms with Gasteiger partial charge in [0.25, 0.3) is 0 Å². The van der Waals surface area contributed by atoms with Crippen LogP contribution in [0.1, 0.15) is 18.4 Å². The highest BCUT2D eigenvalue weighted by atomic mass is 35.5. The van der Waals surface area contributed by atoms with Crippen LogP contribution in [0.4, 0.5) is 0 Å². The third kappa shape index (κ3) is 6.30. The molecule has 1 fully saturated rings. The smallest absolute Gasteiger partial charge is 0.402 e. The minimum Gasteiger partial charge on any atom is -0.402 e. The van der Waals surface area contributed by atoms with Crippen molar-refractivity contribution >= 4 is 42.3 Å². The standard InChI is InChI=1S/C16H19BCl2N2O5/c1-2-16(23)21(11-4-5-11)9-14(22)20-15(26-17(24)25)8-10-3-6-12(18)13(19)7-10/h2-3,6-7,11,15,24-25H,1,4-5,8-9H2,(H,20,22)/t15-/m1/s1. The first-order valence-corrected chi connectivity index (χ1v) is 8.73. The van der Waals surface area contributed by atoms with E-state index in [2.05, 4.69) is 11.9 Å². The predicted octanol–water partition coefficient (Wildman–Crippen LogP) is 1.14. The van der Waals surface area contributed by atoms with Gasteiger partial charge in [-0.2, -0.15) is 0 Å². The van der Waals surface area contributed by atoms with Crippen LogP contribution < -0.4 is 5.32 Å². The van der Waals surface area contributed by atoms with Crippen molar-refractivity contribution in [1.82, 2.24) is 10.2 Å². The lowest BCUT2D eigenvalue weighted by Crippen LogP contribution is -2.47. The Hall–Kier alpha value is -1.58. The van der Waals surface area contributed by atoms with Crippen molar-refractivity contribution in [2.75, 3.05) is 6.54 Å². The molecule has 0 spiro atoms. The Morgan fingerprint density at radius 1 is 1.38 bits per heavy atom. The van der Waals surface area contributed by atoms with E-state index in [0.717, 1.165) is 18.9 Å². The van der Waals surface area contributed by atoms with Gasteiger partial charge >= 0.3 is 7.32 Å². The Morgan fingerprint density at radius 3 is 2.62 bits per heavy atom. The molecule has 1 aliphatic carbocycles. The molecule has 1 aliphatic rings. The average molecular weight is 401 g/mol. The minimum atomic E-state index is -2.07. The van der Waals surface area contributed by atoms with Crippen LogP contribution in [0.15, 0.2) is 30.9 Å². The predicted molar refractivity (Wildman–Crippen MR) is 98.3 cm³/mol. The zero-order valence-corrected chi connectivity index (χ0v) is 15.4. The molecular weight excluding hydrogens is 382 g/mol. The Morgan fingerprint density at radius 2 is 2.08 bits per heavy atom. The summed E-state index contributed by atoms with van der Waals surface area (Å²) in [6, 6.07) is 4.89. The van der Waals surface area contributed by atoms with Gasteiger partial charge in [0, 0.05) is 12.5 Å². The van der Waals surface area contributed by atoms with Crippen LogP contribution in [-0.2, 0) is 20.7 Å². The summed E-state index contributed by atoms with van der Waals surface area (Å²) in [6.45, 7) is 3.27. The molecule has 0 unspecified atom stereocenters. The largest absolute Gasteiger partial charge is 0.635 e. The molecule has 10 heteroatoms. The summed E-state index contributed by atoms with van der Waals surface area (Å²) in [5.41, 5.74) is 0.673. The fourth-order valence-corrected chi connectivity index (χ4v) is 2.75. The number of carbonyl (C=O) groups excluding carboxylic acids is 2. The van der Waals surface area contributed by atoms with E-state index < -0.39 is 19.5 Å². The fourth-order valence-electron chi connectivity index (χ4n) is 2.43. The molecule has 1 aromatic carbocycles. The van der Waals surface area contributed by atoms with Gasteiger partial charge in [0.2, 0.25) is 11.8 Å². The summed E-state index contributed by atoms with van der Waals surface area (Å²) in [5, 5.41) is 21.4. The molecule has 0 bridgehead atoms. The summed E-state index contributed by atoms with van der Waals surface area (Å²) in [4.78, 5) is 25.5. The van der Waals surface area contributed by atoms with Crippen LogP contribution >= 0.6 is 23.2 Å². The Labute approximate surface area is 161 Å². The topological polar surface area (TPSA) is 99.1 Å². The number of nitrogens with zero attached hydrogens (tertiary/aromatic N) is 1. The average Bonchev–Trinajstić information content (AvgIpc) is 3.39. The van der Waals surface area contributed by atoms with Crippen molar-refractivity contribution in [3.63, 3.8) is 0 Å². The summed E-state index contributed by atoms with van der Waals surface area (Å²) < 4.78 is 4.92. The number of benzene rings is 1. The third-order valence-electron chi connectivity index (χ3n) is 3.77. The van der Waals surface area contributed by atoms with Crippen LogP contribution in [0.25, 0.3) is 0 Å². The minimum absolute atomic E-state index is 0.0316. The molecule has 1 atom stereocenters. The highest BCUT2D eigenvalue weighted by Gasteiger charge is 2.33. The number of nitrogens with one attached hydrogen (secondary N) is 1. The summed E-state index contributed by atoms with van der Waals surface area (Å²) in [7, 11) is -2.07. The van der Waals surface area contributed by atoms with E-state index in [0.29, 0.717) is 15.6 Å². The molecule has 1 saturated carbocycles.